The van der Waals surface area contributed by atoms with E-state index in [-0.39, 0.29) is 0 Å². The first-order valence-electron chi connectivity index (χ1n) is 8.75. The van der Waals surface area contributed by atoms with Crippen LogP contribution >= 0.6 is 11.8 Å². The van der Waals surface area contributed by atoms with Gasteiger partial charge in [0, 0.05) is 10.5 Å². The molecule has 128 valence electrons. The van der Waals surface area contributed by atoms with Crippen molar-refractivity contribution in [3.8, 4) is 11.8 Å². The molecule has 2 aromatic rings. The minimum absolute atomic E-state index is 0.415. The van der Waals surface area contributed by atoms with E-state index in [1.54, 1.807) is 6.07 Å². The highest BCUT2D eigenvalue weighted by Crippen LogP contribution is 2.51. The summed E-state index contributed by atoms with van der Waals surface area (Å²) in [6.07, 6.45) is 3.98. The molecule has 25 heavy (non-hydrogen) atoms. The van der Waals surface area contributed by atoms with E-state index in [1.165, 1.54) is 12.8 Å². The van der Waals surface area contributed by atoms with Gasteiger partial charge in [0.1, 0.15) is 18.4 Å². The number of aliphatic hydroxyl groups is 1. The van der Waals surface area contributed by atoms with Crippen LogP contribution in [0.25, 0.3) is 0 Å². The third-order valence-electron chi connectivity index (χ3n) is 5.20. The zero-order valence-electron chi connectivity index (χ0n) is 14.0. The summed E-state index contributed by atoms with van der Waals surface area (Å²) < 4.78 is 5.92. The quantitative estimate of drug-likeness (QED) is 0.888. The Balaban J connectivity index is 1.59. The van der Waals surface area contributed by atoms with Gasteiger partial charge in [-0.25, -0.2) is 0 Å². The van der Waals surface area contributed by atoms with Crippen molar-refractivity contribution in [2.45, 2.75) is 48.4 Å². The SMILES string of the molecule is N#Cc1ccc(C2(O)CC3CCC(C2)S3)cc1OCc1ccccc1. The molecule has 0 aromatic heterocycles. The highest BCUT2D eigenvalue weighted by atomic mass is 32.2. The third-order valence-corrected chi connectivity index (χ3v) is 6.78. The molecule has 1 N–H and O–H groups in total. The largest absolute Gasteiger partial charge is 0.488 e. The maximum absolute atomic E-state index is 11.2. The summed E-state index contributed by atoms with van der Waals surface area (Å²) in [7, 11) is 0. The Labute approximate surface area is 152 Å². The van der Waals surface area contributed by atoms with Crippen LogP contribution in [-0.2, 0) is 12.2 Å². The fourth-order valence-corrected chi connectivity index (χ4v) is 5.74. The fraction of sp³-hybridized carbons (Fsp3) is 0.381. The third kappa shape index (κ3) is 3.40. The molecule has 3 nitrogen and oxygen atoms in total. The maximum Gasteiger partial charge on any atom is 0.137 e. The number of rotatable bonds is 4. The monoisotopic (exact) mass is 351 g/mol. The molecule has 2 heterocycles. The molecular weight excluding hydrogens is 330 g/mol. The van der Waals surface area contributed by atoms with Gasteiger partial charge < -0.3 is 9.84 Å². The van der Waals surface area contributed by atoms with Crippen LogP contribution < -0.4 is 4.74 Å². The lowest BCUT2D eigenvalue weighted by molar-refractivity contribution is 0.0194. The van der Waals surface area contributed by atoms with Crippen LogP contribution in [0.1, 0.15) is 42.4 Å². The van der Waals surface area contributed by atoms with E-state index in [4.69, 9.17) is 4.74 Å². The van der Waals surface area contributed by atoms with E-state index in [0.29, 0.717) is 28.4 Å². The van der Waals surface area contributed by atoms with Gasteiger partial charge in [-0.3, -0.25) is 0 Å². The van der Waals surface area contributed by atoms with Crippen LogP contribution in [0.2, 0.25) is 0 Å². The van der Waals surface area contributed by atoms with Crippen LogP contribution in [-0.4, -0.2) is 15.6 Å². The predicted molar refractivity (Wildman–Crippen MR) is 99.5 cm³/mol. The Morgan fingerprint density at radius 3 is 2.52 bits per heavy atom. The number of fused-ring (bicyclic) bond motifs is 2. The van der Waals surface area contributed by atoms with E-state index in [1.807, 2.05) is 54.2 Å². The average Bonchev–Trinajstić information content (AvgIpc) is 2.99. The number of benzene rings is 2. The van der Waals surface area contributed by atoms with Crippen LogP contribution in [0, 0.1) is 11.3 Å². The number of thioether (sulfide) groups is 1. The fourth-order valence-electron chi connectivity index (χ4n) is 3.91. The maximum atomic E-state index is 11.2. The van der Waals surface area contributed by atoms with Gasteiger partial charge in [-0.1, -0.05) is 36.4 Å². The summed E-state index contributed by atoms with van der Waals surface area (Å²) in [4.78, 5) is 0. The van der Waals surface area contributed by atoms with Crippen LogP contribution in [0.15, 0.2) is 48.5 Å². The number of hydrogen-bond acceptors (Lipinski definition) is 4. The molecule has 0 saturated carbocycles. The lowest BCUT2D eigenvalue weighted by Crippen LogP contribution is -2.34. The van der Waals surface area contributed by atoms with Crippen molar-refractivity contribution in [1.29, 1.82) is 5.26 Å². The van der Waals surface area contributed by atoms with Crippen molar-refractivity contribution in [2.75, 3.05) is 0 Å². The van der Waals surface area contributed by atoms with E-state index < -0.39 is 5.60 Å². The smallest absolute Gasteiger partial charge is 0.137 e. The molecule has 4 rings (SSSR count). The first-order valence-corrected chi connectivity index (χ1v) is 9.70. The van der Waals surface area contributed by atoms with Crippen molar-refractivity contribution < 1.29 is 9.84 Å². The zero-order chi connectivity index (χ0) is 17.3. The minimum atomic E-state index is -0.796. The topological polar surface area (TPSA) is 53.2 Å². The first kappa shape index (κ1) is 16.5. The number of nitriles is 1. The number of ether oxygens (including phenoxy) is 1. The molecule has 0 spiro atoms. The molecule has 0 aliphatic carbocycles. The average molecular weight is 351 g/mol. The van der Waals surface area contributed by atoms with Crippen molar-refractivity contribution in [3.63, 3.8) is 0 Å². The molecule has 0 radical (unpaired) electrons. The molecule has 2 aliphatic rings. The second-order valence-electron chi connectivity index (χ2n) is 6.99. The van der Waals surface area contributed by atoms with Crippen LogP contribution in [0.3, 0.4) is 0 Å². The molecule has 0 amide bonds. The Bertz CT molecular complexity index is 787. The summed E-state index contributed by atoms with van der Waals surface area (Å²) >= 11 is 2.03. The summed E-state index contributed by atoms with van der Waals surface area (Å²) in [6, 6.07) is 17.6. The van der Waals surface area contributed by atoms with E-state index in [2.05, 4.69) is 6.07 Å². The van der Waals surface area contributed by atoms with Gasteiger partial charge in [0.15, 0.2) is 0 Å². The highest BCUT2D eigenvalue weighted by molar-refractivity contribution is 8.00. The molecule has 2 atom stereocenters. The van der Waals surface area contributed by atoms with Crippen molar-refractivity contribution in [1.82, 2.24) is 0 Å². The Kier molecular flexibility index (Phi) is 4.45. The molecular formula is C21H21NO2S. The van der Waals surface area contributed by atoms with E-state index in [0.717, 1.165) is 24.0 Å². The van der Waals surface area contributed by atoms with Gasteiger partial charge in [-0.05, 0) is 48.9 Å². The summed E-state index contributed by atoms with van der Waals surface area (Å²) in [5.41, 5.74) is 1.65. The highest BCUT2D eigenvalue weighted by Gasteiger charge is 2.44. The molecule has 2 saturated heterocycles. The molecule has 2 aliphatic heterocycles. The number of hydrogen-bond donors (Lipinski definition) is 1. The number of nitrogens with zero attached hydrogens (tertiary/aromatic N) is 1. The normalized spacial score (nSPS) is 27.7. The zero-order valence-corrected chi connectivity index (χ0v) is 14.8. The van der Waals surface area contributed by atoms with Crippen molar-refractivity contribution in [2.24, 2.45) is 0 Å². The van der Waals surface area contributed by atoms with E-state index in [9.17, 15) is 10.4 Å². The van der Waals surface area contributed by atoms with Crippen molar-refractivity contribution >= 4 is 11.8 Å². The second-order valence-corrected chi connectivity index (χ2v) is 8.60. The Morgan fingerprint density at radius 2 is 1.84 bits per heavy atom. The van der Waals surface area contributed by atoms with Gasteiger partial charge in [-0.2, -0.15) is 17.0 Å². The first-order chi connectivity index (χ1) is 12.2. The van der Waals surface area contributed by atoms with Gasteiger partial charge in [0.05, 0.1) is 11.2 Å². The summed E-state index contributed by atoms with van der Waals surface area (Å²) in [6.45, 7) is 0.415. The molecule has 2 unspecified atom stereocenters. The minimum Gasteiger partial charge on any atom is -0.488 e. The van der Waals surface area contributed by atoms with Crippen molar-refractivity contribution in [3.05, 3.63) is 65.2 Å². The van der Waals surface area contributed by atoms with Gasteiger partial charge in [-0.15, -0.1) is 0 Å². The lowest BCUT2D eigenvalue weighted by atomic mass is 9.85. The van der Waals surface area contributed by atoms with Gasteiger partial charge >= 0.3 is 0 Å². The summed E-state index contributed by atoms with van der Waals surface area (Å²) in [5.74, 6) is 0.558. The predicted octanol–water partition coefficient (Wildman–Crippen LogP) is 4.38. The van der Waals surface area contributed by atoms with Crippen LogP contribution in [0.5, 0.6) is 5.75 Å². The Morgan fingerprint density at radius 1 is 1.12 bits per heavy atom. The summed E-state index contributed by atoms with van der Waals surface area (Å²) in [5, 5.41) is 21.7. The van der Waals surface area contributed by atoms with Gasteiger partial charge in [0.2, 0.25) is 0 Å². The molecule has 2 aromatic carbocycles. The standard InChI is InChI=1S/C21H21NO2S/c22-13-16-6-7-17(21(23)11-18-8-9-19(12-21)25-18)10-20(16)24-14-15-4-2-1-3-5-15/h1-7,10,18-19,23H,8-9,11-12,14H2. The Hall–Kier alpha value is -1.96. The molecule has 2 fully saturated rings. The molecule has 4 heteroatoms. The second kappa shape index (κ2) is 6.74. The molecule has 2 bridgehead atoms. The lowest BCUT2D eigenvalue weighted by Gasteiger charge is -2.36. The van der Waals surface area contributed by atoms with E-state index >= 15 is 0 Å². The van der Waals surface area contributed by atoms with Gasteiger partial charge in [0.25, 0.3) is 0 Å². The van der Waals surface area contributed by atoms with Crippen LogP contribution in [0.4, 0.5) is 0 Å².